The second-order valence-corrected chi connectivity index (χ2v) is 8.88. The zero-order valence-electron chi connectivity index (χ0n) is 16.1. The number of rotatable bonds is 3. The highest BCUT2D eigenvalue weighted by molar-refractivity contribution is 7.91. The average Bonchev–Trinajstić information content (AvgIpc) is 2.67. The van der Waals surface area contributed by atoms with Crippen molar-refractivity contribution < 1.29 is 18.5 Å². The second-order valence-electron chi connectivity index (χ2n) is 7.40. The van der Waals surface area contributed by atoms with E-state index in [2.05, 4.69) is 9.97 Å². The molecule has 3 rings (SSSR count). The zero-order chi connectivity index (χ0) is 20.3. The number of carbonyl (C=O) groups excluding carboxylic acids is 1. The highest BCUT2D eigenvalue weighted by Crippen LogP contribution is 2.21. The van der Waals surface area contributed by atoms with E-state index in [-0.39, 0.29) is 11.9 Å². The number of hydrogen-bond acceptors (Lipinski definition) is 6. The number of ether oxygens (including phenoxy) is 1. The van der Waals surface area contributed by atoms with E-state index < -0.39 is 16.8 Å². The fourth-order valence-electron chi connectivity index (χ4n) is 2.68. The van der Waals surface area contributed by atoms with Gasteiger partial charge in [0.05, 0.1) is 12.4 Å². The molecule has 7 nitrogen and oxygen atoms in total. The van der Waals surface area contributed by atoms with Crippen LogP contribution >= 0.6 is 0 Å². The van der Waals surface area contributed by atoms with Gasteiger partial charge in [-0.1, -0.05) is 0 Å². The van der Waals surface area contributed by atoms with Crippen LogP contribution in [-0.4, -0.2) is 57.3 Å². The Labute approximate surface area is 166 Å². The fraction of sp³-hybridized carbons (Fsp3) is 0.421. The van der Waals surface area contributed by atoms with E-state index >= 15 is 0 Å². The first-order valence-electron chi connectivity index (χ1n) is 8.95. The molecule has 28 heavy (non-hydrogen) atoms. The lowest BCUT2D eigenvalue weighted by molar-refractivity contribution is 0.0240. The van der Waals surface area contributed by atoms with Crippen LogP contribution in [0.1, 0.15) is 20.8 Å². The average molecular weight is 406 g/mol. The molecule has 1 aliphatic rings. The molecule has 2 aromatic rings. The Morgan fingerprint density at radius 2 is 1.64 bits per heavy atom. The smallest absolute Gasteiger partial charge is 0.410 e. The van der Waals surface area contributed by atoms with Crippen molar-refractivity contribution in [2.24, 2.45) is 0 Å². The van der Waals surface area contributed by atoms with E-state index in [9.17, 15) is 13.7 Å². The first-order valence-corrected chi connectivity index (χ1v) is 10.1. The van der Waals surface area contributed by atoms with Gasteiger partial charge in [-0.15, -0.1) is 0 Å². The molecule has 1 amide bonds. The zero-order valence-corrected chi connectivity index (χ0v) is 16.9. The molecule has 0 aliphatic carbocycles. The van der Waals surface area contributed by atoms with Crippen LogP contribution < -0.4 is 4.90 Å². The predicted molar refractivity (Wildman–Crippen MR) is 103 cm³/mol. The normalized spacial score (nSPS) is 16.0. The molecule has 0 N–H and O–H groups in total. The lowest BCUT2D eigenvalue weighted by Gasteiger charge is -2.35. The number of benzene rings is 1. The van der Waals surface area contributed by atoms with E-state index in [1.54, 1.807) is 4.90 Å². The Bertz CT molecular complexity index is 803. The summed E-state index contributed by atoms with van der Waals surface area (Å²) in [5.41, 5.74) is -0.521. The molecule has 1 unspecified atom stereocenters. The van der Waals surface area contributed by atoms with Crippen LogP contribution in [0.3, 0.4) is 0 Å². The predicted octanol–water partition coefficient (Wildman–Crippen LogP) is 2.84. The summed E-state index contributed by atoms with van der Waals surface area (Å²) in [7, 11) is 0. The molecule has 1 fully saturated rings. The Hall–Kier alpha value is -2.39. The number of nitrogens with zero attached hydrogens (tertiary/aromatic N) is 4. The molecular weight excluding hydrogens is 383 g/mol. The summed E-state index contributed by atoms with van der Waals surface area (Å²) < 4.78 is 30.9. The third-order valence-electron chi connectivity index (χ3n) is 4.07. The van der Waals surface area contributed by atoms with Gasteiger partial charge >= 0.3 is 6.09 Å². The quantitative estimate of drug-likeness (QED) is 0.729. The summed E-state index contributed by atoms with van der Waals surface area (Å²) in [6, 6.07) is 5.50. The van der Waals surface area contributed by atoms with E-state index in [4.69, 9.17) is 4.74 Å². The summed E-state index contributed by atoms with van der Waals surface area (Å²) in [5.74, 6) is 0.140. The number of anilines is 1. The Morgan fingerprint density at radius 1 is 1.07 bits per heavy atom. The fourth-order valence-corrected chi connectivity index (χ4v) is 3.63. The molecule has 2 heterocycles. The lowest BCUT2D eigenvalue weighted by atomic mass is 10.2. The summed E-state index contributed by atoms with van der Waals surface area (Å²) in [6.45, 7) is 7.72. The largest absolute Gasteiger partial charge is 0.606 e. The van der Waals surface area contributed by atoms with Crippen LogP contribution in [0, 0.1) is 5.82 Å². The molecule has 1 aliphatic heterocycles. The van der Waals surface area contributed by atoms with Gasteiger partial charge in [-0.05, 0) is 45.0 Å². The lowest BCUT2D eigenvalue weighted by Crippen LogP contribution is -2.50. The van der Waals surface area contributed by atoms with Crippen molar-refractivity contribution in [3.63, 3.8) is 0 Å². The number of hydrogen-bond donors (Lipinski definition) is 0. The van der Waals surface area contributed by atoms with Crippen LogP contribution in [0.2, 0.25) is 0 Å². The van der Waals surface area contributed by atoms with Gasteiger partial charge in [0.25, 0.3) is 0 Å². The minimum atomic E-state index is -1.47. The van der Waals surface area contributed by atoms with Crippen molar-refractivity contribution in [1.29, 1.82) is 0 Å². The first kappa shape index (κ1) is 20.3. The molecule has 1 saturated heterocycles. The number of piperazine rings is 1. The van der Waals surface area contributed by atoms with Crippen molar-refractivity contribution in [2.45, 2.75) is 36.2 Å². The standard InChI is InChI=1S/C19H23FN4O3S/c1-19(2,3)27-18(25)24-10-8-23(9-11-24)17-21-12-16(13-22-17)28(26)15-6-4-14(20)5-7-15/h4-7,12-13H,8-11H2,1-3H3. The highest BCUT2D eigenvalue weighted by atomic mass is 32.2. The topological polar surface area (TPSA) is 81.6 Å². The van der Waals surface area contributed by atoms with Gasteiger partial charge in [0.2, 0.25) is 5.95 Å². The Kier molecular flexibility index (Phi) is 6.04. The van der Waals surface area contributed by atoms with E-state index in [0.717, 1.165) is 0 Å². The number of amides is 1. The third-order valence-corrected chi connectivity index (χ3v) is 5.41. The number of carbonyl (C=O) groups is 1. The van der Waals surface area contributed by atoms with Crippen molar-refractivity contribution in [2.75, 3.05) is 31.1 Å². The van der Waals surface area contributed by atoms with Gasteiger partial charge in [0.1, 0.15) is 11.4 Å². The van der Waals surface area contributed by atoms with Crippen molar-refractivity contribution in [3.8, 4) is 0 Å². The molecule has 9 heteroatoms. The van der Waals surface area contributed by atoms with Gasteiger partial charge < -0.3 is 19.1 Å². The summed E-state index contributed by atoms with van der Waals surface area (Å²) in [6.07, 6.45) is 2.71. The first-order chi connectivity index (χ1) is 13.2. The van der Waals surface area contributed by atoms with Crippen LogP contribution in [0.15, 0.2) is 46.5 Å². The maximum absolute atomic E-state index is 13.0. The van der Waals surface area contributed by atoms with Crippen molar-refractivity contribution >= 4 is 23.2 Å². The molecule has 0 saturated carbocycles. The SMILES string of the molecule is CC(C)(C)OC(=O)N1CCN(c2ncc([S+]([O-])c3ccc(F)cc3)cn2)CC1. The molecule has 0 spiro atoms. The minimum absolute atomic E-state index is 0.321. The molecule has 1 atom stereocenters. The van der Waals surface area contributed by atoms with Crippen LogP contribution in [-0.2, 0) is 15.9 Å². The van der Waals surface area contributed by atoms with Gasteiger partial charge in [0, 0.05) is 37.4 Å². The monoisotopic (exact) mass is 406 g/mol. The summed E-state index contributed by atoms with van der Waals surface area (Å²) >= 11 is -1.47. The van der Waals surface area contributed by atoms with Crippen molar-refractivity contribution in [1.82, 2.24) is 14.9 Å². The third kappa shape index (κ3) is 5.11. The Morgan fingerprint density at radius 3 is 2.18 bits per heavy atom. The van der Waals surface area contributed by atoms with Crippen LogP contribution in [0.5, 0.6) is 0 Å². The van der Waals surface area contributed by atoms with Gasteiger partial charge in [-0.25, -0.2) is 19.2 Å². The highest BCUT2D eigenvalue weighted by Gasteiger charge is 2.27. The van der Waals surface area contributed by atoms with E-state index in [0.29, 0.717) is 41.9 Å². The van der Waals surface area contributed by atoms with Crippen molar-refractivity contribution in [3.05, 3.63) is 42.5 Å². The number of aromatic nitrogens is 2. The molecule has 1 aromatic carbocycles. The molecule has 0 radical (unpaired) electrons. The van der Waals surface area contributed by atoms with Gasteiger partial charge in [0.15, 0.2) is 9.79 Å². The summed E-state index contributed by atoms with van der Waals surface area (Å²) in [5, 5.41) is 0. The van der Waals surface area contributed by atoms with E-state index in [1.807, 2.05) is 25.7 Å². The minimum Gasteiger partial charge on any atom is -0.606 e. The van der Waals surface area contributed by atoms with Crippen LogP contribution in [0.4, 0.5) is 15.1 Å². The van der Waals surface area contributed by atoms with E-state index in [1.165, 1.54) is 36.7 Å². The maximum atomic E-state index is 13.0. The van der Waals surface area contributed by atoms with Crippen LogP contribution in [0.25, 0.3) is 0 Å². The Balaban J connectivity index is 1.59. The molecule has 1 aromatic heterocycles. The number of halogens is 1. The molecule has 0 bridgehead atoms. The summed E-state index contributed by atoms with van der Waals surface area (Å²) in [4.78, 5) is 25.3. The second kappa shape index (κ2) is 8.32. The maximum Gasteiger partial charge on any atom is 0.410 e. The van der Waals surface area contributed by atoms with Gasteiger partial charge in [-0.3, -0.25) is 0 Å². The molecular formula is C19H23FN4O3S. The van der Waals surface area contributed by atoms with Gasteiger partial charge in [-0.2, -0.15) is 0 Å². The molecule has 150 valence electrons.